The number of rotatable bonds is 7. The van der Waals surface area contributed by atoms with Crippen molar-refractivity contribution >= 4 is 27.5 Å². The number of halogens is 2. The van der Waals surface area contributed by atoms with E-state index < -0.39 is 0 Å². The van der Waals surface area contributed by atoms with Gasteiger partial charge in [0.25, 0.3) is 0 Å². The Morgan fingerprint density at radius 2 is 1.68 bits per heavy atom. The van der Waals surface area contributed by atoms with Crippen LogP contribution >= 0.6 is 27.5 Å². The zero-order chi connectivity index (χ0) is 20.1. The maximum Gasteiger partial charge on any atom is 0.148 e. The van der Waals surface area contributed by atoms with Crippen LogP contribution in [0, 0.1) is 0 Å². The molecule has 28 heavy (non-hydrogen) atoms. The van der Waals surface area contributed by atoms with Gasteiger partial charge in [-0.15, -0.1) is 0 Å². The summed E-state index contributed by atoms with van der Waals surface area (Å²) >= 11 is 9.44. The van der Waals surface area contributed by atoms with Crippen molar-refractivity contribution in [3.8, 4) is 17.2 Å². The van der Waals surface area contributed by atoms with E-state index in [9.17, 15) is 5.11 Å². The van der Waals surface area contributed by atoms with E-state index in [0.29, 0.717) is 22.7 Å². The highest BCUT2D eigenvalue weighted by Gasteiger charge is 2.23. The van der Waals surface area contributed by atoms with Crippen LogP contribution in [-0.2, 0) is 16.8 Å². The maximum atomic E-state index is 9.83. The summed E-state index contributed by atoms with van der Waals surface area (Å²) in [6, 6.07) is 21.2. The predicted molar refractivity (Wildman–Crippen MR) is 116 cm³/mol. The van der Waals surface area contributed by atoms with Crippen molar-refractivity contribution in [2.45, 2.75) is 25.9 Å². The summed E-state index contributed by atoms with van der Waals surface area (Å²) in [5, 5.41) is 10.2. The summed E-state index contributed by atoms with van der Waals surface area (Å²) in [5.74, 6) is 1.63. The van der Waals surface area contributed by atoms with Gasteiger partial charge < -0.3 is 14.6 Å². The Morgan fingerprint density at radius 3 is 2.39 bits per heavy atom. The molecule has 0 aliphatic heterocycles. The number of aromatic hydroxyl groups is 1. The van der Waals surface area contributed by atoms with Crippen LogP contribution in [0.4, 0.5) is 0 Å². The molecule has 146 valence electrons. The molecular formula is C23H22BrClO3. The second-order valence-electron chi connectivity index (χ2n) is 7.23. The largest absolute Gasteiger partial charge is 0.505 e. The molecule has 0 saturated heterocycles. The van der Waals surface area contributed by atoms with Crippen LogP contribution in [0.1, 0.15) is 25.0 Å². The van der Waals surface area contributed by atoms with E-state index >= 15 is 0 Å². The molecule has 0 spiro atoms. The van der Waals surface area contributed by atoms with Gasteiger partial charge in [0.1, 0.15) is 17.2 Å². The molecule has 0 unspecified atom stereocenters. The number of phenolic OH excluding ortho intramolecular Hbond substituents is 1. The Morgan fingerprint density at radius 1 is 0.964 bits per heavy atom. The fourth-order valence-corrected chi connectivity index (χ4v) is 3.58. The molecule has 0 radical (unpaired) electrons. The Kier molecular flexibility index (Phi) is 6.65. The minimum absolute atomic E-state index is 0.0531. The van der Waals surface area contributed by atoms with E-state index in [-0.39, 0.29) is 11.2 Å². The molecule has 0 aliphatic rings. The van der Waals surface area contributed by atoms with Gasteiger partial charge in [-0.1, -0.05) is 55.8 Å². The van der Waals surface area contributed by atoms with Gasteiger partial charge >= 0.3 is 0 Å². The summed E-state index contributed by atoms with van der Waals surface area (Å²) in [7, 11) is 0. The highest BCUT2D eigenvalue weighted by Crippen LogP contribution is 2.37. The molecule has 0 saturated carbocycles. The first-order valence-electron chi connectivity index (χ1n) is 8.93. The van der Waals surface area contributed by atoms with Crippen LogP contribution in [0.2, 0.25) is 5.02 Å². The molecule has 0 fully saturated rings. The molecule has 1 N–H and O–H groups in total. The SMILES string of the molecule is CC(C)(COCc1cccc(Oc2ccccc2)c1)c1cc(Cl)c(O)c(Br)c1. The molecule has 5 heteroatoms. The van der Waals surface area contributed by atoms with E-state index in [2.05, 4.69) is 29.8 Å². The highest BCUT2D eigenvalue weighted by molar-refractivity contribution is 9.10. The summed E-state index contributed by atoms with van der Waals surface area (Å²) in [6.07, 6.45) is 0. The maximum absolute atomic E-state index is 9.83. The number of ether oxygens (including phenoxy) is 2. The van der Waals surface area contributed by atoms with Crippen LogP contribution in [0.3, 0.4) is 0 Å². The smallest absolute Gasteiger partial charge is 0.148 e. The van der Waals surface area contributed by atoms with Gasteiger partial charge in [0, 0.05) is 5.41 Å². The second-order valence-corrected chi connectivity index (χ2v) is 8.49. The molecular weight excluding hydrogens is 440 g/mol. The molecule has 0 heterocycles. The van der Waals surface area contributed by atoms with Gasteiger partial charge in [-0.25, -0.2) is 0 Å². The van der Waals surface area contributed by atoms with Crippen LogP contribution in [-0.4, -0.2) is 11.7 Å². The summed E-state index contributed by atoms with van der Waals surface area (Å²) in [6.45, 7) is 5.14. The molecule has 0 atom stereocenters. The van der Waals surface area contributed by atoms with Crippen LogP contribution in [0.25, 0.3) is 0 Å². The molecule has 3 aromatic carbocycles. The van der Waals surface area contributed by atoms with Crippen molar-refractivity contribution in [3.63, 3.8) is 0 Å². The van der Waals surface area contributed by atoms with Gasteiger partial charge in [0.05, 0.1) is 22.7 Å². The van der Waals surface area contributed by atoms with Crippen molar-refractivity contribution in [1.82, 2.24) is 0 Å². The third kappa shape index (κ3) is 5.28. The summed E-state index contributed by atoms with van der Waals surface area (Å²) in [4.78, 5) is 0. The van der Waals surface area contributed by atoms with Gasteiger partial charge in [0.2, 0.25) is 0 Å². The zero-order valence-corrected chi connectivity index (χ0v) is 18.1. The quantitative estimate of drug-likeness (QED) is 0.408. The van der Waals surface area contributed by atoms with E-state index in [1.54, 1.807) is 6.07 Å². The zero-order valence-electron chi connectivity index (χ0n) is 15.8. The minimum Gasteiger partial charge on any atom is -0.505 e. The average Bonchev–Trinajstić information content (AvgIpc) is 2.66. The van der Waals surface area contributed by atoms with Crippen molar-refractivity contribution < 1.29 is 14.6 Å². The number of phenols is 1. The molecule has 3 nitrogen and oxygen atoms in total. The Hall–Kier alpha value is -2.01. The first-order chi connectivity index (χ1) is 13.3. The van der Waals surface area contributed by atoms with Crippen LogP contribution in [0.5, 0.6) is 17.2 Å². The topological polar surface area (TPSA) is 38.7 Å². The third-order valence-electron chi connectivity index (χ3n) is 4.41. The van der Waals surface area contributed by atoms with Crippen LogP contribution < -0.4 is 4.74 Å². The summed E-state index contributed by atoms with van der Waals surface area (Å²) in [5.41, 5.74) is 1.76. The van der Waals surface area contributed by atoms with Crippen LogP contribution in [0.15, 0.2) is 71.2 Å². The lowest BCUT2D eigenvalue weighted by Crippen LogP contribution is -2.24. The highest BCUT2D eigenvalue weighted by atomic mass is 79.9. The summed E-state index contributed by atoms with van der Waals surface area (Å²) < 4.78 is 12.4. The standard InChI is InChI=1S/C23H22BrClO3/c1-23(2,17-12-20(24)22(26)21(25)13-17)15-27-14-16-7-6-10-19(11-16)28-18-8-4-3-5-9-18/h3-13,26H,14-15H2,1-2H3. The van der Waals surface area contributed by atoms with Crippen molar-refractivity contribution in [3.05, 3.63) is 87.4 Å². The van der Waals surface area contributed by atoms with E-state index in [4.69, 9.17) is 21.1 Å². The Bertz CT molecular complexity index is 919. The number of para-hydroxylation sites is 1. The van der Waals surface area contributed by atoms with Gasteiger partial charge in [-0.2, -0.15) is 0 Å². The number of benzene rings is 3. The fourth-order valence-electron chi connectivity index (χ4n) is 2.79. The van der Waals surface area contributed by atoms with E-state index in [1.807, 2.05) is 60.7 Å². The molecule has 0 amide bonds. The monoisotopic (exact) mass is 460 g/mol. The van der Waals surface area contributed by atoms with Gasteiger partial charge in [-0.3, -0.25) is 0 Å². The molecule has 0 aliphatic carbocycles. The molecule has 3 aromatic rings. The Balaban J connectivity index is 1.62. The third-order valence-corrected chi connectivity index (χ3v) is 5.30. The van der Waals surface area contributed by atoms with E-state index in [1.165, 1.54) is 0 Å². The second kappa shape index (κ2) is 8.99. The molecule has 0 aromatic heterocycles. The molecule has 0 bridgehead atoms. The van der Waals surface area contributed by atoms with Gasteiger partial charge in [-0.05, 0) is 63.5 Å². The number of hydrogen-bond donors (Lipinski definition) is 1. The minimum atomic E-state index is -0.266. The van der Waals surface area contributed by atoms with Crippen molar-refractivity contribution in [1.29, 1.82) is 0 Å². The first-order valence-corrected chi connectivity index (χ1v) is 10.1. The normalized spacial score (nSPS) is 11.4. The Labute approximate surface area is 179 Å². The average molecular weight is 462 g/mol. The predicted octanol–water partition coefficient (Wildman–Crippen LogP) is 7.09. The van der Waals surface area contributed by atoms with E-state index in [0.717, 1.165) is 22.6 Å². The fraction of sp³-hybridized carbons (Fsp3) is 0.217. The lowest BCUT2D eigenvalue weighted by Gasteiger charge is -2.26. The van der Waals surface area contributed by atoms with Gasteiger partial charge in [0.15, 0.2) is 0 Å². The molecule has 3 rings (SSSR count). The number of hydrogen-bond acceptors (Lipinski definition) is 3. The lowest BCUT2D eigenvalue weighted by atomic mass is 9.85. The van der Waals surface area contributed by atoms with Crippen molar-refractivity contribution in [2.24, 2.45) is 0 Å². The van der Waals surface area contributed by atoms with Crippen molar-refractivity contribution in [2.75, 3.05) is 6.61 Å². The first kappa shape index (κ1) is 20.7. The lowest BCUT2D eigenvalue weighted by molar-refractivity contribution is 0.0824.